The largest absolute Gasteiger partial charge is 0.325 e. The van der Waals surface area contributed by atoms with Gasteiger partial charge in [0.15, 0.2) is 5.82 Å². The molecule has 6 heteroatoms. The van der Waals surface area contributed by atoms with Crippen LogP contribution in [0, 0.1) is 0 Å². The van der Waals surface area contributed by atoms with Crippen molar-refractivity contribution in [3.8, 4) is 11.4 Å². The highest BCUT2D eigenvalue weighted by molar-refractivity contribution is 9.10. The first kappa shape index (κ1) is 13.7. The number of nitrogens with one attached hydrogen (secondary N) is 1. The van der Waals surface area contributed by atoms with Gasteiger partial charge in [-0.25, -0.2) is 0 Å². The lowest BCUT2D eigenvalue weighted by molar-refractivity contribution is -0.117. The van der Waals surface area contributed by atoms with Crippen molar-refractivity contribution >= 4 is 27.5 Å². The molecule has 100 valence electrons. The van der Waals surface area contributed by atoms with Gasteiger partial charge < -0.3 is 9.88 Å². The zero-order valence-corrected chi connectivity index (χ0v) is 12.6. The molecule has 0 radical (unpaired) electrons. The molecule has 0 bridgehead atoms. The molecule has 1 aromatic heterocycles. The van der Waals surface area contributed by atoms with Crippen LogP contribution in [0.1, 0.15) is 13.8 Å². The normalized spacial score (nSPS) is 11.4. The Labute approximate surface area is 120 Å². The smallest absolute Gasteiger partial charge is 0.240 e. The minimum absolute atomic E-state index is 0.0948. The zero-order valence-electron chi connectivity index (χ0n) is 11.0. The van der Waals surface area contributed by atoms with Gasteiger partial charge in [0.1, 0.15) is 6.33 Å². The number of benzene rings is 1. The molecule has 1 heterocycles. The lowest BCUT2D eigenvalue weighted by atomic mass is 10.1. The molecule has 2 aromatic rings. The van der Waals surface area contributed by atoms with Crippen LogP contribution in [0.3, 0.4) is 0 Å². The second-order valence-corrected chi connectivity index (χ2v) is 6.76. The lowest BCUT2D eigenvalue weighted by Gasteiger charge is -2.16. The van der Waals surface area contributed by atoms with Crippen molar-refractivity contribution in [1.29, 1.82) is 0 Å². The maximum absolute atomic E-state index is 11.9. The van der Waals surface area contributed by atoms with E-state index in [1.165, 1.54) is 0 Å². The van der Waals surface area contributed by atoms with Gasteiger partial charge in [-0.05, 0) is 26.0 Å². The van der Waals surface area contributed by atoms with Crippen LogP contribution < -0.4 is 5.32 Å². The van der Waals surface area contributed by atoms with E-state index >= 15 is 0 Å². The van der Waals surface area contributed by atoms with Crippen molar-refractivity contribution in [2.75, 3.05) is 5.32 Å². The van der Waals surface area contributed by atoms with Gasteiger partial charge in [-0.1, -0.05) is 28.1 Å². The molecule has 1 amide bonds. The predicted molar refractivity (Wildman–Crippen MR) is 78.1 cm³/mol. The van der Waals surface area contributed by atoms with Crippen LogP contribution in [0.4, 0.5) is 5.69 Å². The summed E-state index contributed by atoms with van der Waals surface area (Å²) in [5, 5.41) is 10.8. The maximum Gasteiger partial charge on any atom is 0.240 e. The number of carbonyl (C=O) groups is 1. The third kappa shape index (κ3) is 3.20. The molecule has 1 N–H and O–H groups in total. The monoisotopic (exact) mass is 322 g/mol. The molecule has 0 aliphatic heterocycles. The Morgan fingerprint density at radius 3 is 2.74 bits per heavy atom. The van der Waals surface area contributed by atoms with Crippen LogP contribution in [0.15, 0.2) is 30.6 Å². The fraction of sp³-hybridized carbons (Fsp3) is 0.308. The highest BCUT2D eigenvalue weighted by Crippen LogP contribution is 2.22. The number of alkyl halides is 1. The quantitative estimate of drug-likeness (QED) is 0.883. The first-order valence-corrected chi connectivity index (χ1v) is 6.62. The Morgan fingerprint density at radius 1 is 1.42 bits per heavy atom. The van der Waals surface area contributed by atoms with Gasteiger partial charge >= 0.3 is 0 Å². The Balaban J connectivity index is 2.26. The van der Waals surface area contributed by atoms with Gasteiger partial charge in [-0.3, -0.25) is 4.79 Å². The summed E-state index contributed by atoms with van der Waals surface area (Å²) >= 11 is 3.33. The number of nitrogens with zero attached hydrogens (tertiary/aromatic N) is 3. The maximum atomic E-state index is 11.9. The highest BCUT2D eigenvalue weighted by atomic mass is 79.9. The van der Waals surface area contributed by atoms with Crippen LogP contribution in [0.25, 0.3) is 11.4 Å². The average Bonchev–Trinajstić information content (AvgIpc) is 2.74. The van der Waals surface area contributed by atoms with Crippen molar-refractivity contribution in [2.24, 2.45) is 7.05 Å². The van der Waals surface area contributed by atoms with Gasteiger partial charge in [0.05, 0.1) is 4.32 Å². The fourth-order valence-electron chi connectivity index (χ4n) is 1.56. The molecule has 1 aromatic carbocycles. The van der Waals surface area contributed by atoms with Gasteiger partial charge in [0.2, 0.25) is 5.91 Å². The molecule has 0 unspecified atom stereocenters. The number of rotatable bonds is 3. The Hall–Kier alpha value is -1.69. The van der Waals surface area contributed by atoms with E-state index in [0.717, 1.165) is 17.1 Å². The summed E-state index contributed by atoms with van der Waals surface area (Å²) in [6.07, 6.45) is 1.64. The first-order chi connectivity index (χ1) is 8.88. The van der Waals surface area contributed by atoms with Crippen molar-refractivity contribution in [3.63, 3.8) is 0 Å². The van der Waals surface area contributed by atoms with E-state index in [2.05, 4.69) is 31.4 Å². The molecule has 0 aliphatic rings. The number of amides is 1. The standard InChI is InChI=1S/C13H15BrN4O/c1-13(2,14)12(19)16-10-6-4-5-9(7-10)11-17-15-8-18(11)3/h4-8H,1-3H3,(H,16,19). The summed E-state index contributed by atoms with van der Waals surface area (Å²) in [6.45, 7) is 3.60. The Morgan fingerprint density at radius 2 is 2.16 bits per heavy atom. The van der Waals surface area contributed by atoms with Crippen molar-refractivity contribution in [1.82, 2.24) is 14.8 Å². The summed E-state index contributed by atoms with van der Waals surface area (Å²) in [6, 6.07) is 7.52. The Kier molecular flexibility index (Phi) is 3.71. The van der Waals surface area contributed by atoms with Gasteiger partial charge in [-0.2, -0.15) is 0 Å². The Bertz CT molecular complexity index is 601. The van der Waals surface area contributed by atoms with E-state index in [4.69, 9.17) is 0 Å². The number of halogens is 1. The number of hydrogen-bond donors (Lipinski definition) is 1. The number of aryl methyl sites for hydroxylation is 1. The van der Waals surface area contributed by atoms with Crippen molar-refractivity contribution in [3.05, 3.63) is 30.6 Å². The van der Waals surface area contributed by atoms with Crippen molar-refractivity contribution < 1.29 is 4.79 Å². The number of carbonyl (C=O) groups excluding carboxylic acids is 1. The molecular weight excluding hydrogens is 308 g/mol. The summed E-state index contributed by atoms with van der Waals surface area (Å²) in [5.41, 5.74) is 1.64. The molecule has 2 rings (SSSR count). The topological polar surface area (TPSA) is 59.8 Å². The molecule has 0 spiro atoms. The van der Waals surface area contributed by atoms with Crippen LogP contribution in [-0.4, -0.2) is 25.0 Å². The molecule has 0 fully saturated rings. The predicted octanol–water partition coefficient (Wildman–Crippen LogP) is 2.59. The van der Waals surface area contributed by atoms with Crippen LogP contribution in [0.5, 0.6) is 0 Å². The van der Waals surface area contributed by atoms with Crippen LogP contribution in [0.2, 0.25) is 0 Å². The van der Waals surface area contributed by atoms with Crippen molar-refractivity contribution in [2.45, 2.75) is 18.2 Å². The lowest BCUT2D eigenvalue weighted by Crippen LogP contribution is -2.30. The molecule has 0 saturated carbocycles. The molecule has 0 saturated heterocycles. The molecular formula is C13H15BrN4O. The number of hydrogen-bond acceptors (Lipinski definition) is 3. The minimum atomic E-state index is -0.603. The van der Waals surface area contributed by atoms with Gasteiger partial charge in [0.25, 0.3) is 0 Å². The zero-order chi connectivity index (χ0) is 14.0. The average molecular weight is 323 g/mol. The van der Waals surface area contributed by atoms with Gasteiger partial charge in [-0.15, -0.1) is 10.2 Å². The number of aromatic nitrogens is 3. The van der Waals surface area contributed by atoms with E-state index < -0.39 is 4.32 Å². The first-order valence-electron chi connectivity index (χ1n) is 5.83. The van der Waals surface area contributed by atoms with E-state index in [1.807, 2.05) is 35.9 Å². The van der Waals surface area contributed by atoms with Gasteiger partial charge in [0, 0.05) is 18.3 Å². The number of anilines is 1. The van der Waals surface area contributed by atoms with E-state index in [-0.39, 0.29) is 5.91 Å². The van der Waals surface area contributed by atoms with Crippen LogP contribution >= 0.6 is 15.9 Å². The second kappa shape index (κ2) is 5.13. The third-order valence-electron chi connectivity index (χ3n) is 2.63. The summed E-state index contributed by atoms with van der Waals surface area (Å²) in [5.74, 6) is 0.664. The SMILES string of the molecule is Cn1cnnc1-c1cccc(NC(=O)C(C)(C)Br)c1. The highest BCUT2D eigenvalue weighted by Gasteiger charge is 2.23. The summed E-state index contributed by atoms with van der Waals surface area (Å²) in [4.78, 5) is 11.9. The van der Waals surface area contributed by atoms with Crippen LogP contribution in [-0.2, 0) is 11.8 Å². The van der Waals surface area contributed by atoms with E-state index in [0.29, 0.717) is 0 Å². The van der Waals surface area contributed by atoms with E-state index in [1.54, 1.807) is 20.2 Å². The molecule has 0 atom stereocenters. The van der Waals surface area contributed by atoms with E-state index in [9.17, 15) is 4.79 Å². The second-order valence-electron chi connectivity index (χ2n) is 4.77. The third-order valence-corrected chi connectivity index (χ3v) is 2.99. The summed E-state index contributed by atoms with van der Waals surface area (Å²) < 4.78 is 1.23. The summed E-state index contributed by atoms with van der Waals surface area (Å²) in [7, 11) is 1.88. The fourth-order valence-corrected chi connectivity index (χ4v) is 1.66. The molecule has 19 heavy (non-hydrogen) atoms. The molecule has 5 nitrogen and oxygen atoms in total. The molecule has 0 aliphatic carbocycles. The minimum Gasteiger partial charge on any atom is -0.325 e.